The van der Waals surface area contributed by atoms with Crippen molar-refractivity contribution in [3.63, 3.8) is 0 Å². The van der Waals surface area contributed by atoms with Crippen molar-refractivity contribution in [2.45, 2.75) is 10.6 Å². The lowest BCUT2D eigenvalue weighted by atomic mass is 10.1. The summed E-state index contributed by atoms with van der Waals surface area (Å²) in [5.41, 5.74) is 1.85. The van der Waals surface area contributed by atoms with Crippen LogP contribution < -0.4 is 5.32 Å². The first-order chi connectivity index (χ1) is 11.0. The molecular formula is C15H17N3O4S. The van der Waals surface area contributed by atoms with E-state index in [0.29, 0.717) is 30.0 Å². The molecule has 1 aliphatic rings. The molecule has 2 heterocycles. The van der Waals surface area contributed by atoms with Gasteiger partial charge in [0.05, 0.1) is 22.9 Å². The number of methoxy groups -OCH3 is 1. The number of nitrogens with one attached hydrogen (secondary N) is 1. The standard InChI is InChI=1S/C15H17N3O4S/c1-18-14-10-5-3-4-6-12(10)23(20,21)9-11(14)13(17-18)15(19)16-7-8-22-2/h3-6H,7-9H2,1-2H3,(H,16,19). The van der Waals surface area contributed by atoms with Crippen LogP contribution in [0.1, 0.15) is 16.1 Å². The summed E-state index contributed by atoms with van der Waals surface area (Å²) in [4.78, 5) is 12.6. The molecule has 1 aromatic heterocycles. The van der Waals surface area contributed by atoms with E-state index in [9.17, 15) is 13.2 Å². The molecule has 3 rings (SSSR count). The van der Waals surface area contributed by atoms with Gasteiger partial charge in [0.2, 0.25) is 0 Å². The number of amides is 1. The first-order valence-electron chi connectivity index (χ1n) is 7.11. The summed E-state index contributed by atoms with van der Waals surface area (Å²) in [7, 11) is -0.234. The maximum atomic E-state index is 12.5. The second-order valence-corrected chi connectivity index (χ2v) is 7.26. The summed E-state index contributed by atoms with van der Waals surface area (Å²) in [6, 6.07) is 6.78. The average molecular weight is 335 g/mol. The van der Waals surface area contributed by atoms with Gasteiger partial charge >= 0.3 is 0 Å². The first kappa shape index (κ1) is 15.7. The fourth-order valence-electron chi connectivity index (χ4n) is 2.78. The van der Waals surface area contributed by atoms with E-state index in [2.05, 4.69) is 10.4 Å². The van der Waals surface area contributed by atoms with E-state index in [0.717, 1.165) is 0 Å². The Balaban J connectivity index is 2.09. The van der Waals surface area contributed by atoms with E-state index in [1.165, 1.54) is 7.11 Å². The molecule has 1 aromatic carbocycles. The van der Waals surface area contributed by atoms with E-state index < -0.39 is 15.7 Å². The quantitative estimate of drug-likeness (QED) is 0.833. The van der Waals surface area contributed by atoms with Crippen molar-refractivity contribution < 1.29 is 17.9 Å². The average Bonchev–Trinajstić information content (AvgIpc) is 2.83. The molecule has 0 saturated carbocycles. The van der Waals surface area contributed by atoms with Gasteiger partial charge in [0, 0.05) is 31.8 Å². The number of sulfone groups is 1. The maximum absolute atomic E-state index is 12.5. The van der Waals surface area contributed by atoms with Gasteiger partial charge in [-0.2, -0.15) is 5.10 Å². The van der Waals surface area contributed by atoms with Crippen LogP contribution in [0.4, 0.5) is 0 Å². The fraction of sp³-hybridized carbons (Fsp3) is 0.333. The fourth-order valence-corrected chi connectivity index (χ4v) is 4.37. The van der Waals surface area contributed by atoms with Gasteiger partial charge in [-0.15, -0.1) is 0 Å². The maximum Gasteiger partial charge on any atom is 0.272 e. The molecule has 1 amide bonds. The van der Waals surface area contributed by atoms with Gasteiger partial charge in [0.15, 0.2) is 15.5 Å². The highest BCUT2D eigenvalue weighted by atomic mass is 32.2. The van der Waals surface area contributed by atoms with Crippen molar-refractivity contribution in [1.29, 1.82) is 0 Å². The number of carbonyl (C=O) groups is 1. The molecule has 8 heteroatoms. The normalized spacial score (nSPS) is 14.9. The number of nitrogens with zero attached hydrogens (tertiary/aromatic N) is 2. The second kappa shape index (κ2) is 5.78. The van der Waals surface area contributed by atoms with Gasteiger partial charge in [0.25, 0.3) is 5.91 Å². The molecule has 122 valence electrons. The number of fused-ring (bicyclic) bond motifs is 3. The summed E-state index contributed by atoms with van der Waals surface area (Å²) >= 11 is 0. The number of hydrogen-bond donors (Lipinski definition) is 1. The minimum atomic E-state index is -3.48. The van der Waals surface area contributed by atoms with Gasteiger partial charge in [-0.05, 0) is 6.07 Å². The summed E-state index contributed by atoms with van der Waals surface area (Å²) in [5, 5.41) is 6.91. The third-order valence-electron chi connectivity index (χ3n) is 3.76. The monoisotopic (exact) mass is 335 g/mol. The van der Waals surface area contributed by atoms with Gasteiger partial charge < -0.3 is 10.1 Å². The van der Waals surface area contributed by atoms with E-state index in [4.69, 9.17) is 4.74 Å². The van der Waals surface area contributed by atoms with Crippen molar-refractivity contribution >= 4 is 15.7 Å². The van der Waals surface area contributed by atoms with E-state index in [1.807, 2.05) is 0 Å². The number of carbonyl (C=O) groups excluding carboxylic acids is 1. The number of aromatic nitrogens is 2. The van der Waals surface area contributed by atoms with Crippen LogP contribution in [-0.2, 0) is 27.4 Å². The largest absolute Gasteiger partial charge is 0.383 e. The Hall–Kier alpha value is -2.19. The molecule has 23 heavy (non-hydrogen) atoms. The molecule has 1 aliphatic heterocycles. The zero-order chi connectivity index (χ0) is 16.6. The zero-order valence-corrected chi connectivity index (χ0v) is 13.7. The number of ether oxygens (including phenoxy) is 1. The highest BCUT2D eigenvalue weighted by molar-refractivity contribution is 7.90. The third kappa shape index (κ3) is 2.64. The summed E-state index contributed by atoms with van der Waals surface area (Å²) in [6.07, 6.45) is 0. The molecule has 2 aromatic rings. The van der Waals surface area contributed by atoms with Crippen LogP contribution in [0.5, 0.6) is 0 Å². The predicted molar refractivity (Wildman–Crippen MR) is 83.7 cm³/mol. The number of hydrogen-bond acceptors (Lipinski definition) is 5. The van der Waals surface area contributed by atoms with Crippen molar-refractivity contribution in [2.24, 2.45) is 7.05 Å². The van der Waals surface area contributed by atoms with Crippen LogP contribution in [0.3, 0.4) is 0 Å². The summed E-state index contributed by atoms with van der Waals surface area (Å²) in [6.45, 7) is 0.714. The number of rotatable bonds is 4. The summed E-state index contributed by atoms with van der Waals surface area (Å²) in [5.74, 6) is -0.617. The highest BCUT2D eigenvalue weighted by Crippen LogP contribution is 2.38. The number of benzene rings is 1. The molecular weight excluding hydrogens is 318 g/mol. The van der Waals surface area contributed by atoms with Gasteiger partial charge in [-0.3, -0.25) is 9.48 Å². The van der Waals surface area contributed by atoms with Crippen molar-refractivity contribution in [3.8, 4) is 11.3 Å². The topological polar surface area (TPSA) is 90.3 Å². The van der Waals surface area contributed by atoms with Crippen LogP contribution >= 0.6 is 0 Å². The molecule has 7 nitrogen and oxygen atoms in total. The molecule has 0 atom stereocenters. The highest BCUT2D eigenvalue weighted by Gasteiger charge is 2.34. The minimum Gasteiger partial charge on any atom is -0.383 e. The van der Waals surface area contributed by atoms with Crippen LogP contribution in [0.15, 0.2) is 29.2 Å². The van der Waals surface area contributed by atoms with Crippen molar-refractivity contribution in [2.75, 3.05) is 20.3 Å². The van der Waals surface area contributed by atoms with Crippen LogP contribution in [0.2, 0.25) is 0 Å². The molecule has 0 fully saturated rings. The lowest BCUT2D eigenvalue weighted by Crippen LogP contribution is -2.28. The Morgan fingerprint density at radius 3 is 2.87 bits per heavy atom. The van der Waals surface area contributed by atoms with E-state index in [-0.39, 0.29) is 16.3 Å². The van der Waals surface area contributed by atoms with Crippen molar-refractivity contribution in [1.82, 2.24) is 15.1 Å². The van der Waals surface area contributed by atoms with Crippen LogP contribution in [-0.4, -0.2) is 44.4 Å². The van der Waals surface area contributed by atoms with Gasteiger partial charge in [-0.25, -0.2) is 8.42 Å². The zero-order valence-electron chi connectivity index (χ0n) is 12.9. The molecule has 0 bridgehead atoms. The lowest BCUT2D eigenvalue weighted by Gasteiger charge is -2.17. The number of aryl methyl sites for hydroxylation is 1. The Labute approximate surface area is 134 Å². The Bertz CT molecular complexity index is 871. The Morgan fingerprint density at radius 1 is 1.39 bits per heavy atom. The van der Waals surface area contributed by atoms with Gasteiger partial charge in [0.1, 0.15) is 0 Å². The minimum absolute atomic E-state index is 0.150. The van der Waals surface area contributed by atoms with E-state index in [1.54, 1.807) is 36.0 Å². The van der Waals surface area contributed by atoms with Crippen molar-refractivity contribution in [3.05, 3.63) is 35.5 Å². The second-order valence-electron chi connectivity index (χ2n) is 5.30. The SMILES string of the molecule is COCCNC(=O)c1nn(C)c2c1CS(=O)(=O)c1ccccc1-2. The van der Waals surface area contributed by atoms with E-state index >= 15 is 0 Å². The van der Waals surface area contributed by atoms with Crippen LogP contribution in [0.25, 0.3) is 11.3 Å². The Morgan fingerprint density at radius 2 is 2.13 bits per heavy atom. The first-order valence-corrected chi connectivity index (χ1v) is 8.76. The molecule has 0 aliphatic carbocycles. The molecule has 0 radical (unpaired) electrons. The summed E-state index contributed by atoms with van der Waals surface area (Å²) < 4.78 is 31.4. The molecule has 0 saturated heterocycles. The smallest absolute Gasteiger partial charge is 0.272 e. The predicted octanol–water partition coefficient (Wildman–Crippen LogP) is 0.751. The van der Waals surface area contributed by atoms with Gasteiger partial charge in [-0.1, -0.05) is 18.2 Å². The lowest BCUT2D eigenvalue weighted by molar-refractivity contribution is 0.0930. The van der Waals surface area contributed by atoms with Crippen LogP contribution in [0, 0.1) is 0 Å². The Kier molecular flexibility index (Phi) is 3.95. The third-order valence-corrected chi connectivity index (χ3v) is 5.46. The molecule has 0 unspecified atom stereocenters. The molecule has 1 N–H and O–H groups in total. The molecule has 0 spiro atoms.